The second kappa shape index (κ2) is 12.5. The molecule has 0 spiro atoms. The molecule has 0 heterocycles. The SMILES string of the molecule is CCCCSCCS/C(C)=C/C(CCCC)c1ccc2ccccc2c1. The molecule has 2 heteroatoms. The average molecular weight is 387 g/mol. The molecular weight excluding hydrogens is 352 g/mol. The molecule has 0 aliphatic heterocycles. The molecule has 0 fully saturated rings. The first-order valence-electron chi connectivity index (χ1n) is 10.1. The van der Waals surface area contributed by atoms with Crippen molar-refractivity contribution < 1.29 is 0 Å². The Hall–Kier alpha value is -0.860. The van der Waals surface area contributed by atoms with Gasteiger partial charge in [0.2, 0.25) is 0 Å². The molecule has 1 unspecified atom stereocenters. The van der Waals surface area contributed by atoms with Crippen molar-refractivity contribution in [1.29, 1.82) is 0 Å². The van der Waals surface area contributed by atoms with E-state index in [0.29, 0.717) is 5.92 Å². The second-order valence-electron chi connectivity index (χ2n) is 6.95. The molecule has 0 aromatic heterocycles. The number of rotatable bonds is 12. The molecule has 0 saturated heterocycles. The lowest BCUT2D eigenvalue weighted by Crippen LogP contribution is -1.97. The third kappa shape index (κ3) is 7.40. The molecule has 2 rings (SSSR count). The van der Waals surface area contributed by atoms with Gasteiger partial charge in [-0.2, -0.15) is 11.8 Å². The number of thioether (sulfide) groups is 2. The van der Waals surface area contributed by atoms with Crippen molar-refractivity contribution in [3.63, 3.8) is 0 Å². The smallest absolute Gasteiger partial charge is 0.00676 e. The van der Waals surface area contributed by atoms with Crippen molar-refractivity contribution in [2.24, 2.45) is 0 Å². The first-order valence-corrected chi connectivity index (χ1v) is 12.3. The van der Waals surface area contributed by atoms with E-state index in [9.17, 15) is 0 Å². The van der Waals surface area contributed by atoms with E-state index >= 15 is 0 Å². The van der Waals surface area contributed by atoms with Gasteiger partial charge in [0, 0.05) is 17.4 Å². The van der Waals surface area contributed by atoms with Crippen LogP contribution in [0.3, 0.4) is 0 Å². The molecule has 0 amide bonds. The fourth-order valence-corrected chi connectivity index (χ4v) is 5.23. The predicted octanol–water partition coefficient (Wildman–Crippen LogP) is 8.28. The van der Waals surface area contributed by atoms with Crippen LogP contribution in [0.25, 0.3) is 10.8 Å². The monoisotopic (exact) mass is 386 g/mol. The zero-order valence-corrected chi connectivity index (χ0v) is 18.3. The quantitative estimate of drug-likeness (QED) is 0.336. The summed E-state index contributed by atoms with van der Waals surface area (Å²) in [7, 11) is 0. The molecule has 0 aliphatic rings. The third-order valence-corrected chi connectivity index (χ3v) is 7.03. The highest BCUT2D eigenvalue weighted by Gasteiger charge is 2.10. The summed E-state index contributed by atoms with van der Waals surface area (Å²) in [6, 6.07) is 15.7. The lowest BCUT2D eigenvalue weighted by atomic mass is 9.91. The maximum atomic E-state index is 2.52. The summed E-state index contributed by atoms with van der Waals surface area (Å²) in [5.74, 6) is 4.36. The van der Waals surface area contributed by atoms with E-state index in [1.807, 2.05) is 11.8 Å². The fraction of sp³-hybridized carbons (Fsp3) is 0.500. The number of unbranched alkanes of at least 4 members (excludes halogenated alkanes) is 2. The Kier molecular flexibility index (Phi) is 10.3. The number of hydrogen-bond acceptors (Lipinski definition) is 2. The maximum absolute atomic E-state index is 2.52. The fourth-order valence-electron chi connectivity index (χ4n) is 3.15. The summed E-state index contributed by atoms with van der Waals surface area (Å²) in [5.41, 5.74) is 1.47. The van der Waals surface area contributed by atoms with Gasteiger partial charge in [0.05, 0.1) is 0 Å². The Bertz CT molecular complexity index is 675. The Morgan fingerprint density at radius 2 is 1.69 bits per heavy atom. The van der Waals surface area contributed by atoms with E-state index in [2.05, 4.69) is 81.1 Å². The van der Waals surface area contributed by atoms with E-state index in [0.717, 1.165) is 0 Å². The highest BCUT2D eigenvalue weighted by atomic mass is 32.2. The number of allylic oxidation sites excluding steroid dienone is 2. The van der Waals surface area contributed by atoms with Crippen LogP contribution >= 0.6 is 23.5 Å². The van der Waals surface area contributed by atoms with E-state index in [-0.39, 0.29) is 0 Å². The van der Waals surface area contributed by atoms with Gasteiger partial charge < -0.3 is 0 Å². The molecule has 1 atom stereocenters. The zero-order valence-electron chi connectivity index (χ0n) is 16.7. The van der Waals surface area contributed by atoms with Crippen LogP contribution in [0.5, 0.6) is 0 Å². The molecule has 26 heavy (non-hydrogen) atoms. The van der Waals surface area contributed by atoms with Crippen LogP contribution in [-0.2, 0) is 0 Å². The Morgan fingerprint density at radius 1 is 0.923 bits per heavy atom. The first kappa shape index (κ1) is 21.4. The van der Waals surface area contributed by atoms with E-state index < -0.39 is 0 Å². The zero-order chi connectivity index (χ0) is 18.6. The van der Waals surface area contributed by atoms with Crippen LogP contribution in [0, 0.1) is 0 Å². The van der Waals surface area contributed by atoms with Crippen LogP contribution in [0.15, 0.2) is 53.4 Å². The minimum Gasteiger partial charge on any atom is -0.161 e. The van der Waals surface area contributed by atoms with Crippen molar-refractivity contribution in [2.45, 2.75) is 58.8 Å². The van der Waals surface area contributed by atoms with Crippen LogP contribution in [0.4, 0.5) is 0 Å². The highest BCUT2D eigenvalue weighted by Crippen LogP contribution is 2.30. The number of benzene rings is 2. The molecule has 2 aromatic carbocycles. The van der Waals surface area contributed by atoms with Gasteiger partial charge in [-0.05, 0) is 46.8 Å². The summed E-state index contributed by atoms with van der Waals surface area (Å²) in [5, 5.41) is 2.70. The van der Waals surface area contributed by atoms with Crippen LogP contribution < -0.4 is 0 Å². The van der Waals surface area contributed by atoms with Crippen LogP contribution in [0.1, 0.15) is 64.4 Å². The molecule has 0 nitrogen and oxygen atoms in total. The average Bonchev–Trinajstić information content (AvgIpc) is 2.67. The predicted molar refractivity (Wildman–Crippen MR) is 125 cm³/mol. The van der Waals surface area contributed by atoms with Crippen molar-refractivity contribution in [2.75, 3.05) is 17.3 Å². The number of hydrogen-bond donors (Lipinski definition) is 0. The Morgan fingerprint density at radius 3 is 2.46 bits per heavy atom. The molecule has 0 bridgehead atoms. The van der Waals surface area contributed by atoms with Gasteiger partial charge in [0.1, 0.15) is 0 Å². The summed E-state index contributed by atoms with van der Waals surface area (Å²) in [6.07, 6.45) is 8.98. The lowest BCUT2D eigenvalue weighted by Gasteiger charge is -2.15. The molecule has 0 radical (unpaired) electrons. The third-order valence-electron chi connectivity index (χ3n) is 4.71. The summed E-state index contributed by atoms with van der Waals surface area (Å²) in [6.45, 7) is 6.85. The second-order valence-corrected chi connectivity index (χ2v) is 9.51. The van der Waals surface area contributed by atoms with Gasteiger partial charge in [0.25, 0.3) is 0 Å². The Labute approximate surface area is 169 Å². The molecule has 0 saturated carbocycles. The van der Waals surface area contributed by atoms with Crippen LogP contribution in [-0.4, -0.2) is 17.3 Å². The highest BCUT2D eigenvalue weighted by molar-refractivity contribution is 8.05. The topological polar surface area (TPSA) is 0 Å². The van der Waals surface area contributed by atoms with Gasteiger partial charge in [-0.15, -0.1) is 11.8 Å². The summed E-state index contributed by atoms with van der Waals surface area (Å²) < 4.78 is 0. The molecule has 2 aromatic rings. The van der Waals surface area contributed by atoms with Gasteiger partial charge in [-0.1, -0.05) is 81.7 Å². The van der Waals surface area contributed by atoms with Crippen molar-refractivity contribution >= 4 is 34.3 Å². The number of fused-ring (bicyclic) bond motifs is 1. The van der Waals surface area contributed by atoms with E-state index in [4.69, 9.17) is 0 Å². The minimum atomic E-state index is 0.541. The Balaban J connectivity index is 2.00. The van der Waals surface area contributed by atoms with Crippen molar-refractivity contribution in [1.82, 2.24) is 0 Å². The normalized spacial score (nSPS) is 13.3. The van der Waals surface area contributed by atoms with Crippen molar-refractivity contribution in [3.05, 3.63) is 59.0 Å². The standard InChI is InChI=1S/C24H34S2/c1-4-6-10-22(18-20(3)26-17-16-25-15-7-5-2)24-14-13-21-11-8-9-12-23(21)19-24/h8-9,11-14,18-19,22H,4-7,10,15-17H2,1-3H3/b20-18+. The van der Waals surface area contributed by atoms with Gasteiger partial charge >= 0.3 is 0 Å². The molecular formula is C24H34S2. The first-order chi connectivity index (χ1) is 12.7. The largest absolute Gasteiger partial charge is 0.161 e. The summed E-state index contributed by atoms with van der Waals surface area (Å²) in [4.78, 5) is 1.48. The summed E-state index contributed by atoms with van der Waals surface area (Å²) >= 11 is 4.14. The van der Waals surface area contributed by atoms with Crippen LogP contribution in [0.2, 0.25) is 0 Å². The molecule has 142 valence electrons. The molecule has 0 aliphatic carbocycles. The van der Waals surface area contributed by atoms with E-state index in [1.165, 1.54) is 70.6 Å². The van der Waals surface area contributed by atoms with Gasteiger partial charge in [0.15, 0.2) is 0 Å². The van der Waals surface area contributed by atoms with E-state index in [1.54, 1.807) is 0 Å². The van der Waals surface area contributed by atoms with Gasteiger partial charge in [-0.25, -0.2) is 0 Å². The minimum absolute atomic E-state index is 0.541. The maximum Gasteiger partial charge on any atom is 0.00676 e. The van der Waals surface area contributed by atoms with Gasteiger partial charge in [-0.3, -0.25) is 0 Å². The lowest BCUT2D eigenvalue weighted by molar-refractivity contribution is 0.663. The van der Waals surface area contributed by atoms with Crippen molar-refractivity contribution in [3.8, 4) is 0 Å². The molecule has 0 N–H and O–H groups in total.